The molecule has 0 atom stereocenters. The third-order valence-corrected chi connectivity index (χ3v) is 3.76. The zero-order valence-electron chi connectivity index (χ0n) is 14.4. The Bertz CT molecular complexity index is 787. The van der Waals surface area contributed by atoms with E-state index in [4.69, 9.17) is 0 Å². The summed E-state index contributed by atoms with van der Waals surface area (Å²) in [6.45, 7) is 4.00. The van der Waals surface area contributed by atoms with Crippen LogP contribution in [0.1, 0.15) is 37.8 Å². The first-order valence-electron chi connectivity index (χ1n) is 8.48. The van der Waals surface area contributed by atoms with E-state index >= 15 is 0 Å². The lowest BCUT2D eigenvalue weighted by Crippen LogP contribution is -1.90. The fourth-order valence-corrected chi connectivity index (χ4v) is 2.63. The van der Waals surface area contributed by atoms with Crippen LogP contribution in [0.15, 0.2) is 78.9 Å². The number of nitrogens with zero attached hydrogens (tertiary/aromatic N) is 1. The first-order valence-corrected chi connectivity index (χ1v) is 8.48. The van der Waals surface area contributed by atoms with Gasteiger partial charge in [-0.2, -0.15) is 5.26 Å². The molecule has 3 rings (SSSR count). The number of nitriles is 1. The van der Waals surface area contributed by atoms with Gasteiger partial charge in [0, 0.05) is 0 Å². The van der Waals surface area contributed by atoms with Gasteiger partial charge in [-0.05, 0) is 53.3 Å². The summed E-state index contributed by atoms with van der Waals surface area (Å²) in [5.41, 5.74) is 5.35. The molecule has 0 heterocycles. The molecule has 1 aliphatic rings. The van der Waals surface area contributed by atoms with E-state index in [1.54, 1.807) is 0 Å². The van der Waals surface area contributed by atoms with Crippen LogP contribution in [-0.4, -0.2) is 0 Å². The molecule has 0 amide bonds. The third kappa shape index (κ3) is 4.57. The minimum atomic E-state index is 0.707. The molecular formula is C23H23N. The van der Waals surface area contributed by atoms with Gasteiger partial charge in [0.05, 0.1) is 11.6 Å². The molecule has 0 unspecified atom stereocenters. The van der Waals surface area contributed by atoms with Gasteiger partial charge in [-0.3, -0.25) is 0 Å². The van der Waals surface area contributed by atoms with Gasteiger partial charge in [-0.1, -0.05) is 74.6 Å². The summed E-state index contributed by atoms with van der Waals surface area (Å²) in [6.07, 6.45) is 12.5. The largest absolute Gasteiger partial charge is 0.192 e. The van der Waals surface area contributed by atoms with E-state index in [0.29, 0.717) is 5.56 Å². The van der Waals surface area contributed by atoms with Gasteiger partial charge in [0.2, 0.25) is 0 Å². The molecule has 0 saturated heterocycles. The van der Waals surface area contributed by atoms with Crippen molar-refractivity contribution in [2.24, 2.45) is 0 Å². The summed E-state index contributed by atoms with van der Waals surface area (Å²) in [6, 6.07) is 18.6. The molecule has 0 aliphatic heterocycles. The van der Waals surface area contributed by atoms with Crippen LogP contribution in [0.3, 0.4) is 0 Å². The van der Waals surface area contributed by atoms with Gasteiger partial charge in [0.15, 0.2) is 0 Å². The van der Waals surface area contributed by atoms with Crippen LogP contribution in [0, 0.1) is 11.3 Å². The second-order valence-corrected chi connectivity index (χ2v) is 5.30. The van der Waals surface area contributed by atoms with Gasteiger partial charge in [0.1, 0.15) is 0 Å². The lowest BCUT2D eigenvalue weighted by Gasteiger charge is -2.10. The predicted molar refractivity (Wildman–Crippen MR) is 103 cm³/mol. The van der Waals surface area contributed by atoms with Crippen LogP contribution in [0.4, 0.5) is 0 Å². The highest BCUT2D eigenvalue weighted by atomic mass is 14.2. The molecule has 0 saturated carbocycles. The lowest BCUT2D eigenvalue weighted by atomic mass is 9.94. The molecule has 2 aromatic rings. The minimum Gasteiger partial charge on any atom is -0.192 e. The molecule has 1 heteroatoms. The van der Waals surface area contributed by atoms with Crippen LogP contribution in [0.5, 0.6) is 0 Å². The predicted octanol–water partition coefficient (Wildman–Crippen LogP) is 6.54. The monoisotopic (exact) mass is 313 g/mol. The van der Waals surface area contributed by atoms with Crippen molar-refractivity contribution in [2.75, 3.05) is 0 Å². The van der Waals surface area contributed by atoms with E-state index < -0.39 is 0 Å². The zero-order valence-corrected chi connectivity index (χ0v) is 14.4. The summed E-state index contributed by atoms with van der Waals surface area (Å²) < 4.78 is 0. The summed E-state index contributed by atoms with van der Waals surface area (Å²) >= 11 is 0. The summed E-state index contributed by atoms with van der Waals surface area (Å²) in [7, 11) is 0. The molecule has 1 aliphatic carbocycles. The van der Waals surface area contributed by atoms with E-state index in [2.05, 4.69) is 54.6 Å². The molecule has 0 spiro atoms. The van der Waals surface area contributed by atoms with Crippen molar-refractivity contribution < 1.29 is 0 Å². The van der Waals surface area contributed by atoms with E-state index in [0.717, 1.165) is 29.5 Å². The Morgan fingerprint density at radius 3 is 2.29 bits per heavy atom. The van der Waals surface area contributed by atoms with Crippen molar-refractivity contribution in [1.29, 1.82) is 5.26 Å². The number of hydrogen-bond acceptors (Lipinski definition) is 1. The van der Waals surface area contributed by atoms with Crippen molar-refractivity contribution in [3.8, 4) is 17.2 Å². The number of benzene rings is 2. The molecule has 0 bridgehead atoms. The van der Waals surface area contributed by atoms with Gasteiger partial charge in [-0.15, -0.1) is 0 Å². The smallest absolute Gasteiger partial charge is 0.0992 e. The molecule has 0 aromatic heterocycles. The third-order valence-electron chi connectivity index (χ3n) is 3.76. The Morgan fingerprint density at radius 1 is 0.833 bits per heavy atom. The SMILES string of the molecule is CC.N#Cc1cc(/C2=C/C/C=C\C=C/C2)cc(-c2ccccc2)c1. The van der Waals surface area contributed by atoms with Crippen LogP contribution in [0.25, 0.3) is 16.7 Å². The minimum absolute atomic E-state index is 0.707. The average molecular weight is 313 g/mol. The molecular weight excluding hydrogens is 290 g/mol. The van der Waals surface area contributed by atoms with E-state index in [1.807, 2.05) is 44.2 Å². The molecule has 2 aromatic carbocycles. The van der Waals surface area contributed by atoms with E-state index in [9.17, 15) is 5.26 Å². The van der Waals surface area contributed by atoms with Gasteiger partial charge < -0.3 is 0 Å². The Labute approximate surface area is 145 Å². The van der Waals surface area contributed by atoms with Crippen molar-refractivity contribution in [3.63, 3.8) is 0 Å². The first kappa shape index (κ1) is 17.5. The molecule has 120 valence electrons. The Balaban J connectivity index is 0.00000100. The van der Waals surface area contributed by atoms with Crippen LogP contribution in [-0.2, 0) is 0 Å². The molecule has 1 nitrogen and oxygen atoms in total. The van der Waals surface area contributed by atoms with Crippen LogP contribution >= 0.6 is 0 Å². The quantitative estimate of drug-likeness (QED) is 0.617. The highest BCUT2D eigenvalue weighted by molar-refractivity contribution is 5.75. The molecule has 24 heavy (non-hydrogen) atoms. The normalized spacial score (nSPS) is 17.8. The maximum atomic E-state index is 9.34. The topological polar surface area (TPSA) is 23.8 Å². The van der Waals surface area contributed by atoms with Crippen LogP contribution in [0.2, 0.25) is 0 Å². The highest BCUT2D eigenvalue weighted by Gasteiger charge is 2.07. The fourth-order valence-electron chi connectivity index (χ4n) is 2.63. The second kappa shape index (κ2) is 9.33. The van der Waals surface area contributed by atoms with Gasteiger partial charge >= 0.3 is 0 Å². The van der Waals surface area contributed by atoms with E-state index in [-0.39, 0.29) is 0 Å². The standard InChI is InChI=1S/C21H17N.C2H6/c22-16-17-13-20(18-9-5-2-1-3-6-10-18)15-21(14-17)19-11-7-4-8-12-19;1-2/h1-5,7-8,10-15H,6,9H2;1-2H3/b3-1-,5-2-,18-10+;. The molecule has 0 fully saturated rings. The van der Waals surface area contributed by atoms with Gasteiger partial charge in [0.25, 0.3) is 0 Å². The zero-order chi connectivity index (χ0) is 17.2. The number of allylic oxidation sites excluding steroid dienone is 6. The molecule has 0 radical (unpaired) electrons. The fraction of sp³-hybridized carbons (Fsp3) is 0.174. The van der Waals surface area contributed by atoms with Gasteiger partial charge in [-0.25, -0.2) is 0 Å². The molecule has 0 N–H and O–H groups in total. The second-order valence-electron chi connectivity index (χ2n) is 5.30. The summed E-state index contributed by atoms with van der Waals surface area (Å²) in [5.74, 6) is 0. The summed E-state index contributed by atoms with van der Waals surface area (Å²) in [4.78, 5) is 0. The Morgan fingerprint density at radius 2 is 1.54 bits per heavy atom. The first-order chi connectivity index (χ1) is 11.9. The maximum absolute atomic E-state index is 9.34. The number of rotatable bonds is 2. The Kier molecular flexibility index (Phi) is 6.80. The average Bonchev–Trinajstić information content (AvgIpc) is 2.63. The maximum Gasteiger partial charge on any atom is 0.0992 e. The highest BCUT2D eigenvalue weighted by Crippen LogP contribution is 2.28. The summed E-state index contributed by atoms with van der Waals surface area (Å²) in [5, 5.41) is 9.34. The number of hydrogen-bond donors (Lipinski definition) is 0. The van der Waals surface area contributed by atoms with E-state index in [1.165, 1.54) is 5.57 Å². The Hall–Kier alpha value is -2.85. The lowest BCUT2D eigenvalue weighted by molar-refractivity contribution is 1.30. The van der Waals surface area contributed by atoms with Crippen molar-refractivity contribution in [2.45, 2.75) is 26.7 Å². The van der Waals surface area contributed by atoms with Crippen LogP contribution < -0.4 is 0 Å². The van der Waals surface area contributed by atoms with Crippen molar-refractivity contribution in [1.82, 2.24) is 0 Å². The van der Waals surface area contributed by atoms with Crippen molar-refractivity contribution in [3.05, 3.63) is 90.0 Å². The van der Waals surface area contributed by atoms with Crippen molar-refractivity contribution >= 4 is 5.57 Å².